The third-order valence-corrected chi connectivity index (χ3v) is 6.44. The van der Waals surface area contributed by atoms with Crippen LogP contribution < -0.4 is 14.5 Å². The molecule has 2 aliphatic rings. The van der Waals surface area contributed by atoms with Crippen LogP contribution in [0.4, 0.5) is 10.8 Å². The molecule has 0 aliphatic carbocycles. The molecule has 0 saturated heterocycles. The number of nitro groups is 1. The zero-order valence-corrected chi connectivity index (χ0v) is 17.9. The van der Waals surface area contributed by atoms with Crippen LogP contribution in [0.5, 0.6) is 11.5 Å². The van der Waals surface area contributed by atoms with Crippen molar-refractivity contribution in [3.63, 3.8) is 0 Å². The summed E-state index contributed by atoms with van der Waals surface area (Å²) < 4.78 is 11.1. The van der Waals surface area contributed by atoms with Gasteiger partial charge in [-0.2, -0.15) is 5.10 Å². The van der Waals surface area contributed by atoms with Crippen molar-refractivity contribution < 1.29 is 14.4 Å². The van der Waals surface area contributed by atoms with Gasteiger partial charge in [0.2, 0.25) is 11.9 Å². The van der Waals surface area contributed by atoms with Crippen LogP contribution >= 0.6 is 22.9 Å². The van der Waals surface area contributed by atoms with E-state index in [1.54, 1.807) is 12.1 Å². The molecule has 0 saturated carbocycles. The van der Waals surface area contributed by atoms with Crippen LogP contribution in [-0.4, -0.2) is 33.7 Å². The molecule has 2 aromatic carbocycles. The fraction of sp³-hybridized carbons (Fsp3) is 0.250. The lowest BCUT2D eigenvalue weighted by Crippen LogP contribution is -2.29. The minimum absolute atomic E-state index is 0.0185. The Morgan fingerprint density at radius 3 is 2.65 bits per heavy atom. The first-order valence-electron chi connectivity index (χ1n) is 9.47. The number of hydrogen-bond donors (Lipinski definition) is 0. The summed E-state index contributed by atoms with van der Waals surface area (Å²) in [5.41, 5.74) is 3.35. The standard InChI is InChI=1S/C20H16ClN5O4S/c1-11-6-13-7-16-17(30-10-29-16)8-15(13)19(12-2-4-14(5-3-12)26(27)28)24-25(11)20-23-22-18(9-21)31-20/h2-5,7-8,11H,6,9-10H2,1H3. The molecule has 0 spiro atoms. The SMILES string of the molecule is CC1Cc2cc3c(cc2C(c2ccc([N+](=O)[O-])cc2)=NN1c1nnc(CCl)s1)OCO3. The summed E-state index contributed by atoms with van der Waals surface area (Å²) in [6, 6.07) is 10.2. The number of nitro benzene ring substituents is 1. The van der Waals surface area contributed by atoms with Crippen molar-refractivity contribution >= 4 is 39.5 Å². The molecule has 3 heterocycles. The normalized spacial score (nSPS) is 17.2. The molecule has 158 valence electrons. The highest BCUT2D eigenvalue weighted by molar-refractivity contribution is 7.15. The van der Waals surface area contributed by atoms with Crippen molar-refractivity contribution in [2.45, 2.75) is 25.3 Å². The van der Waals surface area contributed by atoms with E-state index in [2.05, 4.69) is 17.1 Å². The monoisotopic (exact) mass is 457 g/mol. The first-order valence-corrected chi connectivity index (χ1v) is 10.8. The third-order valence-electron chi connectivity index (χ3n) is 5.11. The van der Waals surface area contributed by atoms with Crippen LogP contribution in [0.2, 0.25) is 0 Å². The predicted molar refractivity (Wildman–Crippen MR) is 116 cm³/mol. The molecule has 0 radical (unpaired) electrons. The van der Waals surface area contributed by atoms with Gasteiger partial charge in [0.15, 0.2) is 11.5 Å². The lowest BCUT2D eigenvalue weighted by Gasteiger charge is -2.21. The van der Waals surface area contributed by atoms with Crippen molar-refractivity contribution in [3.05, 3.63) is 68.2 Å². The van der Waals surface area contributed by atoms with Crippen molar-refractivity contribution in [2.24, 2.45) is 5.10 Å². The molecule has 1 atom stereocenters. The van der Waals surface area contributed by atoms with Crippen LogP contribution in [0.1, 0.15) is 28.6 Å². The van der Waals surface area contributed by atoms with E-state index in [9.17, 15) is 10.1 Å². The number of halogens is 1. The predicted octanol–water partition coefficient (Wildman–Crippen LogP) is 4.12. The van der Waals surface area contributed by atoms with Crippen molar-refractivity contribution in [1.29, 1.82) is 0 Å². The Kier molecular flexibility index (Phi) is 4.95. The van der Waals surface area contributed by atoms with Crippen LogP contribution in [0.15, 0.2) is 41.5 Å². The number of alkyl halides is 1. The fourth-order valence-electron chi connectivity index (χ4n) is 3.62. The first-order chi connectivity index (χ1) is 15.0. The minimum atomic E-state index is -0.423. The zero-order valence-electron chi connectivity index (χ0n) is 16.3. The van der Waals surface area contributed by atoms with Crippen molar-refractivity contribution in [2.75, 3.05) is 11.8 Å². The maximum absolute atomic E-state index is 11.1. The Morgan fingerprint density at radius 1 is 1.23 bits per heavy atom. The highest BCUT2D eigenvalue weighted by atomic mass is 35.5. The second kappa shape index (κ2) is 7.78. The number of non-ortho nitro benzene ring substituents is 1. The quantitative estimate of drug-likeness (QED) is 0.330. The number of fused-ring (bicyclic) bond motifs is 2. The number of aromatic nitrogens is 2. The number of rotatable bonds is 4. The van der Waals surface area contributed by atoms with Gasteiger partial charge in [0.25, 0.3) is 5.69 Å². The van der Waals surface area contributed by atoms with Crippen LogP contribution in [-0.2, 0) is 12.3 Å². The third kappa shape index (κ3) is 3.57. The molecular formula is C20H16ClN5O4S. The van der Waals surface area contributed by atoms with E-state index in [1.165, 1.54) is 23.5 Å². The smallest absolute Gasteiger partial charge is 0.269 e. The molecule has 5 rings (SSSR count). The van der Waals surface area contributed by atoms with Gasteiger partial charge in [-0.3, -0.25) is 10.1 Å². The van der Waals surface area contributed by atoms with E-state index in [-0.39, 0.29) is 24.4 Å². The summed E-state index contributed by atoms with van der Waals surface area (Å²) >= 11 is 7.30. The van der Waals surface area contributed by atoms with Crippen molar-refractivity contribution in [3.8, 4) is 11.5 Å². The van der Waals surface area contributed by atoms with Gasteiger partial charge in [-0.15, -0.1) is 21.8 Å². The Hall–Kier alpha value is -3.24. The van der Waals surface area contributed by atoms with Gasteiger partial charge in [-0.1, -0.05) is 11.3 Å². The van der Waals surface area contributed by atoms with Gasteiger partial charge in [0, 0.05) is 23.3 Å². The second-order valence-corrected chi connectivity index (χ2v) is 8.43. The van der Waals surface area contributed by atoms with Crippen LogP contribution in [0.25, 0.3) is 0 Å². The maximum Gasteiger partial charge on any atom is 0.269 e. The summed E-state index contributed by atoms with van der Waals surface area (Å²) in [6.07, 6.45) is 0.682. The number of anilines is 1. The highest BCUT2D eigenvalue weighted by Crippen LogP contribution is 2.38. The molecule has 0 N–H and O–H groups in total. The van der Waals surface area contributed by atoms with E-state index in [0.29, 0.717) is 33.8 Å². The highest BCUT2D eigenvalue weighted by Gasteiger charge is 2.29. The molecule has 3 aromatic rings. The lowest BCUT2D eigenvalue weighted by atomic mass is 9.94. The number of benzene rings is 2. The zero-order chi connectivity index (χ0) is 21.5. The van der Waals surface area contributed by atoms with Crippen LogP contribution in [0, 0.1) is 10.1 Å². The molecule has 0 fully saturated rings. The van der Waals surface area contributed by atoms with Gasteiger partial charge in [0.05, 0.1) is 22.6 Å². The summed E-state index contributed by atoms with van der Waals surface area (Å²) in [7, 11) is 0. The van der Waals surface area contributed by atoms with E-state index in [4.69, 9.17) is 26.2 Å². The van der Waals surface area contributed by atoms with E-state index in [1.807, 2.05) is 17.1 Å². The average Bonchev–Trinajstić information content (AvgIpc) is 3.40. The maximum atomic E-state index is 11.1. The molecule has 31 heavy (non-hydrogen) atoms. The lowest BCUT2D eigenvalue weighted by molar-refractivity contribution is -0.384. The Bertz CT molecular complexity index is 1200. The first kappa shape index (κ1) is 19.7. The molecule has 0 amide bonds. The van der Waals surface area contributed by atoms with E-state index >= 15 is 0 Å². The summed E-state index contributed by atoms with van der Waals surface area (Å²) in [4.78, 5) is 10.7. The minimum Gasteiger partial charge on any atom is -0.454 e. The molecule has 11 heteroatoms. The van der Waals surface area contributed by atoms with E-state index < -0.39 is 4.92 Å². The van der Waals surface area contributed by atoms with Gasteiger partial charge >= 0.3 is 0 Å². The Balaban J connectivity index is 1.67. The Morgan fingerprint density at radius 2 is 1.97 bits per heavy atom. The van der Waals surface area contributed by atoms with Gasteiger partial charge in [0.1, 0.15) is 5.01 Å². The fourth-order valence-corrected chi connectivity index (χ4v) is 4.58. The average molecular weight is 458 g/mol. The number of hydrogen-bond acceptors (Lipinski definition) is 9. The largest absolute Gasteiger partial charge is 0.454 e. The summed E-state index contributed by atoms with van der Waals surface area (Å²) in [5, 5.41) is 27.6. The number of hydrazone groups is 1. The summed E-state index contributed by atoms with van der Waals surface area (Å²) in [5.74, 6) is 1.62. The molecule has 9 nitrogen and oxygen atoms in total. The van der Waals surface area contributed by atoms with Gasteiger partial charge in [-0.25, -0.2) is 5.01 Å². The molecule has 0 bridgehead atoms. The molecule has 2 aliphatic heterocycles. The van der Waals surface area contributed by atoms with Gasteiger partial charge in [-0.05, 0) is 43.2 Å². The topological polar surface area (TPSA) is 103 Å². The van der Waals surface area contributed by atoms with E-state index in [0.717, 1.165) is 16.7 Å². The molecule has 1 unspecified atom stereocenters. The van der Waals surface area contributed by atoms with Crippen molar-refractivity contribution in [1.82, 2.24) is 10.2 Å². The summed E-state index contributed by atoms with van der Waals surface area (Å²) in [6.45, 7) is 2.23. The second-order valence-electron chi connectivity index (χ2n) is 7.12. The molecular weight excluding hydrogens is 442 g/mol. The number of ether oxygens (including phenoxy) is 2. The number of nitrogens with zero attached hydrogens (tertiary/aromatic N) is 5. The molecule has 1 aromatic heterocycles. The van der Waals surface area contributed by atoms with Crippen LogP contribution in [0.3, 0.4) is 0 Å². The van der Waals surface area contributed by atoms with Gasteiger partial charge < -0.3 is 9.47 Å². The Labute approximate surface area is 186 Å².